The highest BCUT2D eigenvalue weighted by molar-refractivity contribution is 9.10. The molecule has 1 heterocycles. The Morgan fingerprint density at radius 3 is 2.56 bits per heavy atom. The maximum Gasteiger partial charge on any atom is 0.311 e. The number of thiocarbonyl (C=S) groups is 1. The molecule has 2 aromatic rings. The van der Waals surface area contributed by atoms with Crippen molar-refractivity contribution in [1.29, 1.82) is 0 Å². The van der Waals surface area contributed by atoms with Crippen molar-refractivity contribution in [2.24, 2.45) is 0 Å². The average molecular weight is 437 g/mol. The highest BCUT2D eigenvalue weighted by Gasteiger charge is 2.33. The zero-order valence-electron chi connectivity index (χ0n) is 12.4. The maximum absolute atomic E-state index is 12.6. The number of phenols is 1. The van der Waals surface area contributed by atoms with E-state index >= 15 is 0 Å². The molecule has 9 heteroatoms. The van der Waals surface area contributed by atoms with Crippen LogP contribution in [0, 0.1) is 10.1 Å². The van der Waals surface area contributed by atoms with Gasteiger partial charge in [0.25, 0.3) is 5.91 Å². The largest absolute Gasteiger partial charge is 0.502 e. The molecule has 1 saturated heterocycles. The summed E-state index contributed by atoms with van der Waals surface area (Å²) in [7, 11) is 0. The first-order valence-corrected chi connectivity index (χ1v) is 8.89. The van der Waals surface area contributed by atoms with Crippen molar-refractivity contribution in [2.45, 2.75) is 0 Å². The summed E-state index contributed by atoms with van der Waals surface area (Å²) in [6, 6.07) is 11.1. The van der Waals surface area contributed by atoms with Gasteiger partial charge in [-0.15, -0.1) is 0 Å². The minimum absolute atomic E-state index is 0.298. The molecule has 0 atom stereocenters. The van der Waals surface area contributed by atoms with Crippen LogP contribution >= 0.6 is 39.9 Å². The number of anilines is 1. The van der Waals surface area contributed by atoms with Crippen LogP contribution in [0.25, 0.3) is 6.08 Å². The molecule has 1 N–H and O–H groups in total. The number of thioether (sulfide) groups is 1. The molecule has 0 aromatic heterocycles. The number of carbonyl (C=O) groups excluding carboxylic acids is 1. The molecule has 0 saturated carbocycles. The Morgan fingerprint density at radius 2 is 1.92 bits per heavy atom. The van der Waals surface area contributed by atoms with Gasteiger partial charge in [0.05, 0.1) is 15.5 Å². The summed E-state index contributed by atoms with van der Waals surface area (Å²) in [5, 5.41) is 20.4. The Bertz CT molecular complexity index is 928. The molecule has 126 valence electrons. The fourth-order valence-corrected chi connectivity index (χ4v) is 3.77. The average Bonchev–Trinajstić information content (AvgIpc) is 2.84. The van der Waals surface area contributed by atoms with Crippen LogP contribution in [0.3, 0.4) is 0 Å². The van der Waals surface area contributed by atoms with Crippen LogP contribution < -0.4 is 4.90 Å². The second-order valence-corrected chi connectivity index (χ2v) is 7.59. The molecule has 6 nitrogen and oxygen atoms in total. The first-order chi connectivity index (χ1) is 11.9. The number of hydrogen-bond donors (Lipinski definition) is 1. The smallest absolute Gasteiger partial charge is 0.311 e. The Labute approximate surface area is 160 Å². The van der Waals surface area contributed by atoms with Crippen molar-refractivity contribution < 1.29 is 14.8 Å². The van der Waals surface area contributed by atoms with Crippen LogP contribution in [0.5, 0.6) is 5.75 Å². The number of amides is 1. The van der Waals surface area contributed by atoms with Gasteiger partial charge in [-0.3, -0.25) is 19.8 Å². The van der Waals surface area contributed by atoms with E-state index in [0.29, 0.717) is 20.5 Å². The van der Waals surface area contributed by atoms with Crippen molar-refractivity contribution in [3.8, 4) is 5.75 Å². The summed E-state index contributed by atoms with van der Waals surface area (Å²) in [5.74, 6) is -0.724. The number of nitro groups is 1. The zero-order valence-corrected chi connectivity index (χ0v) is 15.6. The Balaban J connectivity index is 1.94. The van der Waals surface area contributed by atoms with Gasteiger partial charge < -0.3 is 5.11 Å². The van der Waals surface area contributed by atoms with E-state index in [1.807, 2.05) is 0 Å². The van der Waals surface area contributed by atoms with Crippen LogP contribution in [0.15, 0.2) is 51.8 Å². The molecular formula is C16H9BrN2O4S2. The second-order valence-electron chi connectivity index (χ2n) is 5.00. The second kappa shape index (κ2) is 6.95. The number of carbonyl (C=O) groups is 1. The van der Waals surface area contributed by atoms with Gasteiger partial charge in [0.15, 0.2) is 10.1 Å². The van der Waals surface area contributed by atoms with E-state index in [1.165, 1.54) is 29.2 Å². The van der Waals surface area contributed by atoms with Crippen molar-refractivity contribution in [3.05, 3.63) is 67.5 Å². The maximum atomic E-state index is 12.6. The van der Waals surface area contributed by atoms with Crippen molar-refractivity contribution in [1.82, 2.24) is 0 Å². The quantitative estimate of drug-likeness (QED) is 0.330. The van der Waals surface area contributed by atoms with Gasteiger partial charge in [0.2, 0.25) is 0 Å². The highest BCUT2D eigenvalue weighted by Crippen LogP contribution is 2.37. The van der Waals surface area contributed by atoms with Gasteiger partial charge >= 0.3 is 5.69 Å². The van der Waals surface area contributed by atoms with Crippen LogP contribution in [-0.2, 0) is 4.79 Å². The summed E-state index contributed by atoms with van der Waals surface area (Å²) < 4.78 is 1.26. The first-order valence-electron chi connectivity index (χ1n) is 6.88. The molecule has 1 fully saturated rings. The number of benzene rings is 2. The van der Waals surface area contributed by atoms with E-state index in [1.54, 1.807) is 24.3 Å². The number of hydrogen-bond acceptors (Lipinski definition) is 6. The Kier molecular flexibility index (Phi) is 4.89. The first kappa shape index (κ1) is 17.6. The number of nitrogens with zero attached hydrogens (tertiary/aromatic N) is 2. The third-order valence-corrected chi connectivity index (χ3v) is 5.20. The molecule has 3 rings (SSSR count). The Hall–Kier alpha value is -2.23. The highest BCUT2D eigenvalue weighted by atomic mass is 79.9. The summed E-state index contributed by atoms with van der Waals surface area (Å²) in [4.78, 5) is 24.6. The van der Waals surface area contributed by atoms with Gasteiger partial charge in [-0.25, -0.2) is 0 Å². The van der Waals surface area contributed by atoms with Crippen LogP contribution in [0.1, 0.15) is 5.56 Å². The van der Waals surface area contributed by atoms with Gasteiger partial charge in [0, 0.05) is 10.5 Å². The number of phenolic OH excluding ortho intramolecular Hbond substituents is 1. The van der Waals surface area contributed by atoms with Crippen LogP contribution in [0.4, 0.5) is 11.4 Å². The summed E-state index contributed by atoms with van der Waals surface area (Å²) in [6.07, 6.45) is 1.52. The molecule has 1 aliphatic rings. The fourth-order valence-electron chi connectivity index (χ4n) is 2.21. The standard InChI is InChI=1S/C16H9BrN2O4S2/c17-10-2-4-11(5-3-10)18-15(21)14(25-16(18)24)8-9-1-6-13(20)12(7-9)19(22)23/h1-8,20H. The zero-order chi connectivity index (χ0) is 18.1. The third kappa shape index (κ3) is 3.58. The lowest BCUT2D eigenvalue weighted by molar-refractivity contribution is -0.385. The number of aromatic hydroxyl groups is 1. The molecule has 0 bridgehead atoms. The van der Waals surface area contributed by atoms with Crippen LogP contribution in [-0.4, -0.2) is 20.3 Å². The van der Waals surface area contributed by atoms with E-state index in [2.05, 4.69) is 15.9 Å². The minimum atomic E-state index is -0.681. The van der Waals surface area contributed by atoms with E-state index in [4.69, 9.17) is 12.2 Å². The molecule has 1 aliphatic heterocycles. The predicted molar refractivity (Wildman–Crippen MR) is 105 cm³/mol. The molecular weight excluding hydrogens is 428 g/mol. The molecule has 0 aliphatic carbocycles. The molecule has 0 radical (unpaired) electrons. The lowest BCUT2D eigenvalue weighted by Gasteiger charge is -2.14. The minimum Gasteiger partial charge on any atom is -0.502 e. The lowest BCUT2D eigenvalue weighted by Crippen LogP contribution is -2.27. The van der Waals surface area contributed by atoms with Crippen molar-refractivity contribution in [3.63, 3.8) is 0 Å². The van der Waals surface area contributed by atoms with Gasteiger partial charge in [-0.1, -0.05) is 46.0 Å². The molecule has 25 heavy (non-hydrogen) atoms. The summed E-state index contributed by atoms with van der Waals surface area (Å²) >= 11 is 9.74. The van der Waals surface area contributed by atoms with E-state index in [0.717, 1.165) is 16.2 Å². The third-order valence-electron chi connectivity index (χ3n) is 3.37. The topological polar surface area (TPSA) is 83.7 Å². The number of nitro benzene ring substituents is 1. The van der Waals surface area contributed by atoms with E-state index < -0.39 is 16.4 Å². The predicted octanol–water partition coefficient (Wildman–Crippen LogP) is 4.47. The Morgan fingerprint density at radius 1 is 1.24 bits per heavy atom. The molecule has 2 aromatic carbocycles. The van der Waals surface area contributed by atoms with Gasteiger partial charge in [-0.05, 0) is 42.0 Å². The van der Waals surface area contributed by atoms with E-state index in [9.17, 15) is 20.0 Å². The van der Waals surface area contributed by atoms with Crippen LogP contribution in [0.2, 0.25) is 0 Å². The number of rotatable bonds is 3. The van der Waals surface area contributed by atoms with E-state index in [-0.39, 0.29) is 5.91 Å². The molecule has 0 spiro atoms. The molecule has 0 unspecified atom stereocenters. The summed E-state index contributed by atoms with van der Waals surface area (Å²) in [6.45, 7) is 0. The van der Waals surface area contributed by atoms with Gasteiger partial charge in [0.1, 0.15) is 0 Å². The fraction of sp³-hybridized carbons (Fsp3) is 0. The summed E-state index contributed by atoms with van der Waals surface area (Å²) in [5.41, 5.74) is 0.656. The van der Waals surface area contributed by atoms with Crippen molar-refractivity contribution >= 4 is 67.6 Å². The van der Waals surface area contributed by atoms with Crippen molar-refractivity contribution in [2.75, 3.05) is 4.90 Å². The van der Waals surface area contributed by atoms with Gasteiger partial charge in [-0.2, -0.15) is 0 Å². The number of halogens is 1. The normalized spacial score (nSPS) is 15.9. The lowest BCUT2D eigenvalue weighted by atomic mass is 10.1. The SMILES string of the molecule is O=C1C(=Cc2ccc(O)c([N+](=O)[O-])c2)SC(=S)N1c1ccc(Br)cc1. The molecule has 1 amide bonds. The monoisotopic (exact) mass is 436 g/mol.